The number of halogens is 1. The van der Waals surface area contributed by atoms with Crippen LogP contribution < -0.4 is 10.2 Å². The topological polar surface area (TPSA) is 41.0 Å². The van der Waals surface area contributed by atoms with E-state index in [9.17, 15) is 0 Å². The first-order chi connectivity index (χ1) is 7.75. The summed E-state index contributed by atoms with van der Waals surface area (Å²) in [7, 11) is 2.04. The molecule has 88 valence electrons. The Hall–Kier alpha value is -0.870. The van der Waals surface area contributed by atoms with Gasteiger partial charge in [-0.3, -0.25) is 0 Å². The maximum Gasteiger partial charge on any atom is 0.134 e. The number of likely N-dealkylation sites (N-methyl/N-ethyl adjacent to an activating group) is 1. The van der Waals surface area contributed by atoms with Crippen molar-refractivity contribution in [2.45, 2.75) is 25.3 Å². The fraction of sp³-hybridized carbons (Fsp3) is 0.636. The van der Waals surface area contributed by atoms with Crippen molar-refractivity contribution < 1.29 is 0 Å². The highest BCUT2D eigenvalue weighted by atomic mass is 35.5. The molecule has 0 radical (unpaired) electrons. The van der Waals surface area contributed by atoms with Crippen molar-refractivity contribution in [1.82, 2.24) is 15.3 Å². The first kappa shape index (κ1) is 11.6. The van der Waals surface area contributed by atoms with Gasteiger partial charge in [-0.1, -0.05) is 18.0 Å². The molecule has 1 fully saturated rings. The van der Waals surface area contributed by atoms with Gasteiger partial charge in [0.1, 0.15) is 17.3 Å². The molecule has 1 aliphatic heterocycles. The molecule has 0 saturated carbocycles. The van der Waals surface area contributed by atoms with E-state index in [4.69, 9.17) is 11.6 Å². The highest BCUT2D eigenvalue weighted by Gasteiger charge is 2.15. The normalized spacial score (nSPS) is 20.8. The van der Waals surface area contributed by atoms with Gasteiger partial charge in [-0.2, -0.15) is 0 Å². The van der Waals surface area contributed by atoms with Crippen LogP contribution in [0.4, 0.5) is 5.82 Å². The lowest BCUT2D eigenvalue weighted by molar-refractivity contribution is 0.403. The van der Waals surface area contributed by atoms with Crippen LogP contribution in [0, 0.1) is 0 Å². The molecule has 5 heteroatoms. The molecule has 1 aromatic rings. The number of aromatic nitrogens is 2. The third-order valence-electron chi connectivity index (χ3n) is 2.92. The lowest BCUT2D eigenvalue weighted by Crippen LogP contribution is -2.42. The van der Waals surface area contributed by atoms with Gasteiger partial charge >= 0.3 is 0 Å². The molecule has 1 atom stereocenters. The second kappa shape index (κ2) is 5.46. The van der Waals surface area contributed by atoms with E-state index in [0.717, 1.165) is 18.9 Å². The quantitative estimate of drug-likeness (QED) is 0.817. The van der Waals surface area contributed by atoms with Crippen molar-refractivity contribution in [3.05, 3.63) is 17.5 Å². The Labute approximate surface area is 101 Å². The Morgan fingerprint density at radius 1 is 1.50 bits per heavy atom. The second-order valence-corrected chi connectivity index (χ2v) is 4.61. The summed E-state index contributed by atoms with van der Waals surface area (Å²) >= 11 is 5.84. The van der Waals surface area contributed by atoms with Gasteiger partial charge in [0.15, 0.2) is 0 Å². The van der Waals surface area contributed by atoms with Crippen molar-refractivity contribution in [2.75, 3.05) is 25.0 Å². The van der Waals surface area contributed by atoms with E-state index in [0.29, 0.717) is 11.2 Å². The molecular formula is C11H17ClN4. The molecular weight excluding hydrogens is 224 g/mol. The van der Waals surface area contributed by atoms with Gasteiger partial charge < -0.3 is 10.2 Å². The molecule has 0 bridgehead atoms. The molecule has 2 rings (SSSR count). The SMILES string of the molecule is CN(C[C@@H]1CCCCN1)c1cc(Cl)ncn1. The van der Waals surface area contributed by atoms with Gasteiger partial charge in [-0.25, -0.2) is 9.97 Å². The molecule has 2 heterocycles. The molecule has 0 unspecified atom stereocenters. The number of anilines is 1. The minimum atomic E-state index is 0.494. The fourth-order valence-corrected chi connectivity index (χ4v) is 2.18. The molecule has 0 aromatic carbocycles. The monoisotopic (exact) mass is 240 g/mol. The number of nitrogens with zero attached hydrogens (tertiary/aromatic N) is 3. The Bertz CT molecular complexity index is 339. The number of hydrogen-bond donors (Lipinski definition) is 1. The van der Waals surface area contributed by atoms with Crippen LogP contribution in [0.1, 0.15) is 19.3 Å². The summed E-state index contributed by atoms with van der Waals surface area (Å²) in [5, 5.41) is 4.01. The Balaban J connectivity index is 1.94. The van der Waals surface area contributed by atoms with Gasteiger partial charge in [0.05, 0.1) is 0 Å². The van der Waals surface area contributed by atoms with Gasteiger partial charge in [0, 0.05) is 25.7 Å². The standard InChI is InChI=1S/C11H17ClN4/c1-16(7-9-4-2-3-5-13-9)11-6-10(12)14-8-15-11/h6,8-9,13H,2-5,7H2,1H3/t9-/m0/s1. The summed E-state index contributed by atoms with van der Waals surface area (Å²) in [6.45, 7) is 2.09. The van der Waals surface area contributed by atoms with E-state index < -0.39 is 0 Å². The number of hydrogen-bond acceptors (Lipinski definition) is 4. The maximum atomic E-state index is 5.84. The summed E-state index contributed by atoms with van der Waals surface area (Å²) in [6, 6.07) is 2.36. The molecule has 0 aliphatic carbocycles. The van der Waals surface area contributed by atoms with Crippen molar-refractivity contribution in [3.63, 3.8) is 0 Å². The van der Waals surface area contributed by atoms with Crippen LogP contribution in [-0.4, -0.2) is 36.1 Å². The van der Waals surface area contributed by atoms with Crippen LogP contribution in [0.3, 0.4) is 0 Å². The number of nitrogens with one attached hydrogen (secondary N) is 1. The number of piperidine rings is 1. The zero-order valence-corrected chi connectivity index (χ0v) is 10.2. The first-order valence-electron chi connectivity index (χ1n) is 5.68. The van der Waals surface area contributed by atoms with Crippen LogP contribution >= 0.6 is 11.6 Å². The fourth-order valence-electron chi connectivity index (χ4n) is 2.04. The molecule has 4 nitrogen and oxygen atoms in total. The minimum absolute atomic E-state index is 0.494. The van der Waals surface area contributed by atoms with Gasteiger partial charge in [0.2, 0.25) is 0 Å². The van der Waals surface area contributed by atoms with Gasteiger partial charge in [-0.05, 0) is 19.4 Å². The Morgan fingerprint density at radius 2 is 2.38 bits per heavy atom. The van der Waals surface area contributed by atoms with Gasteiger partial charge in [-0.15, -0.1) is 0 Å². The molecule has 0 spiro atoms. The van der Waals surface area contributed by atoms with Gasteiger partial charge in [0.25, 0.3) is 0 Å². The van der Waals surface area contributed by atoms with Crippen LogP contribution in [-0.2, 0) is 0 Å². The average molecular weight is 241 g/mol. The van der Waals surface area contributed by atoms with E-state index in [2.05, 4.69) is 20.2 Å². The van der Waals surface area contributed by atoms with Crippen molar-refractivity contribution in [1.29, 1.82) is 0 Å². The van der Waals surface area contributed by atoms with E-state index in [1.54, 1.807) is 6.07 Å². The molecule has 16 heavy (non-hydrogen) atoms. The summed E-state index contributed by atoms with van der Waals surface area (Å²) in [5.41, 5.74) is 0. The molecule has 1 saturated heterocycles. The zero-order valence-electron chi connectivity index (χ0n) is 9.49. The lowest BCUT2D eigenvalue weighted by atomic mass is 10.0. The van der Waals surface area contributed by atoms with E-state index in [1.165, 1.54) is 25.6 Å². The molecule has 1 aliphatic rings. The van der Waals surface area contributed by atoms with Crippen LogP contribution in [0.25, 0.3) is 0 Å². The summed E-state index contributed by atoms with van der Waals surface area (Å²) in [4.78, 5) is 10.2. The van der Waals surface area contributed by atoms with Crippen LogP contribution in [0.15, 0.2) is 12.4 Å². The highest BCUT2D eigenvalue weighted by Crippen LogP contribution is 2.15. The van der Waals surface area contributed by atoms with E-state index in [1.807, 2.05) is 7.05 Å². The Morgan fingerprint density at radius 3 is 3.06 bits per heavy atom. The first-order valence-corrected chi connectivity index (χ1v) is 6.05. The van der Waals surface area contributed by atoms with Crippen molar-refractivity contribution in [2.24, 2.45) is 0 Å². The van der Waals surface area contributed by atoms with Crippen molar-refractivity contribution >= 4 is 17.4 Å². The molecule has 1 aromatic heterocycles. The van der Waals surface area contributed by atoms with Crippen LogP contribution in [0.5, 0.6) is 0 Å². The molecule has 0 amide bonds. The van der Waals surface area contributed by atoms with Crippen molar-refractivity contribution in [3.8, 4) is 0 Å². The maximum absolute atomic E-state index is 5.84. The predicted molar refractivity (Wildman–Crippen MR) is 66.0 cm³/mol. The summed E-state index contributed by atoms with van der Waals surface area (Å²) < 4.78 is 0. The minimum Gasteiger partial charge on any atom is -0.358 e. The lowest BCUT2D eigenvalue weighted by Gasteiger charge is -2.28. The molecule has 1 N–H and O–H groups in total. The average Bonchev–Trinajstić information content (AvgIpc) is 2.30. The largest absolute Gasteiger partial charge is 0.358 e. The summed E-state index contributed by atoms with van der Waals surface area (Å²) in [6.07, 6.45) is 5.35. The zero-order chi connectivity index (χ0) is 11.4. The van der Waals surface area contributed by atoms with E-state index >= 15 is 0 Å². The highest BCUT2D eigenvalue weighted by molar-refractivity contribution is 6.29. The van der Waals surface area contributed by atoms with Crippen LogP contribution in [0.2, 0.25) is 5.15 Å². The third kappa shape index (κ3) is 3.06. The summed E-state index contributed by atoms with van der Waals surface area (Å²) in [5.74, 6) is 0.882. The number of rotatable bonds is 3. The third-order valence-corrected chi connectivity index (χ3v) is 3.12. The predicted octanol–water partition coefficient (Wildman–Crippen LogP) is 1.71. The smallest absolute Gasteiger partial charge is 0.134 e. The Kier molecular flexibility index (Phi) is 3.96. The van der Waals surface area contributed by atoms with E-state index in [-0.39, 0.29) is 0 Å². The second-order valence-electron chi connectivity index (χ2n) is 4.23.